The van der Waals surface area contributed by atoms with E-state index in [2.05, 4.69) is 0 Å². The molecule has 5 heteroatoms. The average molecular weight is 327 g/mol. The summed E-state index contributed by atoms with van der Waals surface area (Å²) >= 11 is 0. The molecule has 2 aromatic rings. The first kappa shape index (κ1) is 16.5. The summed E-state index contributed by atoms with van der Waals surface area (Å²) in [4.78, 5) is 24.7. The van der Waals surface area contributed by atoms with Crippen molar-refractivity contribution in [1.29, 1.82) is 0 Å². The number of hydrogen-bond acceptors (Lipinski definition) is 5. The molecular weight excluding hydrogens is 306 g/mol. The number of Topliss-reactive ketones (excluding diaryl/α,β-unsaturated/α-hetero) is 1. The lowest BCUT2D eigenvalue weighted by Crippen LogP contribution is -2.30. The van der Waals surface area contributed by atoms with Crippen molar-refractivity contribution in [3.05, 3.63) is 64.2 Å². The minimum absolute atomic E-state index is 0.00893. The average Bonchev–Trinajstić information content (AvgIpc) is 3.35. The number of nitrogens with two attached hydrogens (primary N) is 1. The van der Waals surface area contributed by atoms with Gasteiger partial charge in [-0.3, -0.25) is 9.59 Å². The molecule has 0 aliphatic heterocycles. The van der Waals surface area contributed by atoms with Crippen molar-refractivity contribution in [2.75, 3.05) is 0 Å². The van der Waals surface area contributed by atoms with Gasteiger partial charge in [0.15, 0.2) is 0 Å². The molecule has 0 spiro atoms. The maximum Gasteiger partial charge on any atom is 0.227 e. The van der Waals surface area contributed by atoms with Crippen LogP contribution in [0.5, 0.6) is 5.75 Å². The van der Waals surface area contributed by atoms with E-state index in [-0.39, 0.29) is 47.2 Å². The summed E-state index contributed by atoms with van der Waals surface area (Å²) in [5, 5.41) is 0. The second kappa shape index (κ2) is 6.61. The Balaban J connectivity index is 1.80. The topological polar surface area (TPSA) is 82.5 Å². The van der Waals surface area contributed by atoms with Gasteiger partial charge in [-0.15, -0.1) is 0 Å². The van der Waals surface area contributed by atoms with Gasteiger partial charge in [0.25, 0.3) is 0 Å². The first-order valence-corrected chi connectivity index (χ1v) is 8.09. The quantitative estimate of drug-likeness (QED) is 0.791. The van der Waals surface area contributed by atoms with Gasteiger partial charge in [0.1, 0.15) is 6.61 Å². The number of rotatable bonds is 7. The zero-order valence-corrected chi connectivity index (χ0v) is 13.7. The number of benzene rings is 1. The van der Waals surface area contributed by atoms with Crippen LogP contribution in [0.2, 0.25) is 0 Å². The molecule has 3 rings (SSSR count). The molecule has 0 bridgehead atoms. The van der Waals surface area contributed by atoms with Crippen LogP contribution in [0.25, 0.3) is 0 Å². The van der Waals surface area contributed by atoms with Crippen molar-refractivity contribution in [3.63, 3.8) is 0 Å². The lowest BCUT2D eigenvalue weighted by Gasteiger charge is -2.18. The van der Waals surface area contributed by atoms with E-state index >= 15 is 0 Å². The third-order valence-corrected chi connectivity index (χ3v) is 4.69. The molecule has 1 atom stereocenters. The molecule has 2 N–H and O–H groups in total. The van der Waals surface area contributed by atoms with Crippen LogP contribution in [0.15, 0.2) is 51.9 Å². The molecule has 1 aromatic heterocycles. The predicted octanol–water partition coefficient (Wildman–Crippen LogP) is 2.92. The second-order valence-electron chi connectivity index (χ2n) is 6.47. The van der Waals surface area contributed by atoms with Crippen LogP contribution in [0.1, 0.15) is 42.3 Å². The maximum atomic E-state index is 12.6. The summed E-state index contributed by atoms with van der Waals surface area (Å²) in [6, 6.07) is 10.7. The van der Waals surface area contributed by atoms with E-state index in [0.717, 1.165) is 18.4 Å². The number of ether oxygens (including phenoxy) is 1. The Kier molecular flexibility index (Phi) is 4.53. The van der Waals surface area contributed by atoms with Crippen molar-refractivity contribution in [2.45, 2.75) is 38.8 Å². The Hall–Kier alpha value is -2.40. The van der Waals surface area contributed by atoms with Crippen molar-refractivity contribution >= 4 is 5.78 Å². The molecule has 0 radical (unpaired) electrons. The van der Waals surface area contributed by atoms with Gasteiger partial charge in [0, 0.05) is 18.5 Å². The van der Waals surface area contributed by atoms with Gasteiger partial charge < -0.3 is 14.9 Å². The van der Waals surface area contributed by atoms with Crippen LogP contribution < -0.4 is 15.9 Å². The molecular formula is C19H21NO4. The molecule has 1 aliphatic carbocycles. The fourth-order valence-electron chi connectivity index (χ4n) is 2.82. The molecule has 24 heavy (non-hydrogen) atoms. The third kappa shape index (κ3) is 3.41. The Morgan fingerprint density at radius 2 is 2.00 bits per heavy atom. The van der Waals surface area contributed by atoms with Gasteiger partial charge in [-0.25, -0.2) is 0 Å². The monoisotopic (exact) mass is 327 g/mol. The summed E-state index contributed by atoms with van der Waals surface area (Å²) in [5.41, 5.74) is 6.38. The van der Waals surface area contributed by atoms with E-state index in [4.69, 9.17) is 14.9 Å². The smallest absolute Gasteiger partial charge is 0.227 e. The minimum atomic E-state index is -0.355. The molecule has 0 unspecified atom stereocenters. The van der Waals surface area contributed by atoms with Crippen molar-refractivity contribution in [1.82, 2.24) is 0 Å². The SMILES string of the molecule is C[C@H](N)C1(CC(=O)c2occc(=O)c2OCc2ccccc2)CC1. The largest absolute Gasteiger partial charge is 0.481 e. The highest BCUT2D eigenvalue weighted by molar-refractivity contribution is 5.96. The Morgan fingerprint density at radius 3 is 2.62 bits per heavy atom. The Labute approximate surface area is 140 Å². The fraction of sp³-hybridized carbons (Fsp3) is 0.368. The summed E-state index contributed by atoms with van der Waals surface area (Å²) < 4.78 is 10.9. The molecule has 1 aromatic carbocycles. The van der Waals surface area contributed by atoms with Gasteiger partial charge in [-0.05, 0) is 30.7 Å². The van der Waals surface area contributed by atoms with Crippen LogP contribution in [-0.4, -0.2) is 11.8 Å². The van der Waals surface area contributed by atoms with Crippen molar-refractivity contribution < 1.29 is 13.9 Å². The summed E-state index contributed by atoms with van der Waals surface area (Å²) in [6.07, 6.45) is 3.36. The summed E-state index contributed by atoms with van der Waals surface area (Å²) in [7, 11) is 0. The highest BCUT2D eigenvalue weighted by Crippen LogP contribution is 2.51. The highest BCUT2D eigenvalue weighted by Gasteiger charge is 2.48. The zero-order chi connectivity index (χ0) is 17.2. The van der Waals surface area contributed by atoms with Crippen LogP contribution in [0.3, 0.4) is 0 Å². The van der Waals surface area contributed by atoms with Crippen LogP contribution in [0.4, 0.5) is 0 Å². The first-order valence-electron chi connectivity index (χ1n) is 8.09. The Morgan fingerprint density at radius 1 is 1.29 bits per heavy atom. The molecule has 5 nitrogen and oxygen atoms in total. The van der Waals surface area contributed by atoms with Crippen LogP contribution in [0, 0.1) is 5.41 Å². The van der Waals surface area contributed by atoms with E-state index in [0.29, 0.717) is 0 Å². The number of carbonyl (C=O) groups excluding carboxylic acids is 1. The molecule has 0 saturated heterocycles. The molecule has 1 heterocycles. The normalized spacial score (nSPS) is 16.4. The van der Waals surface area contributed by atoms with E-state index in [1.54, 1.807) is 0 Å². The zero-order valence-electron chi connectivity index (χ0n) is 13.7. The fourth-order valence-corrected chi connectivity index (χ4v) is 2.82. The van der Waals surface area contributed by atoms with E-state index < -0.39 is 0 Å². The third-order valence-electron chi connectivity index (χ3n) is 4.69. The lowest BCUT2D eigenvalue weighted by molar-refractivity contribution is 0.0909. The van der Waals surface area contributed by atoms with Crippen LogP contribution in [-0.2, 0) is 6.61 Å². The van der Waals surface area contributed by atoms with Gasteiger partial charge in [0.2, 0.25) is 22.7 Å². The first-order chi connectivity index (χ1) is 11.5. The van der Waals surface area contributed by atoms with Gasteiger partial charge in [-0.2, -0.15) is 0 Å². The molecule has 1 saturated carbocycles. The van der Waals surface area contributed by atoms with Crippen LogP contribution >= 0.6 is 0 Å². The lowest BCUT2D eigenvalue weighted by atomic mass is 9.91. The summed E-state index contributed by atoms with van der Waals surface area (Å²) in [6.45, 7) is 2.11. The standard InChI is InChI=1S/C19H21NO4/c1-13(20)19(8-9-19)11-16(22)18-17(15(21)7-10-23-18)24-12-14-5-3-2-4-6-14/h2-7,10,13H,8-9,11-12,20H2,1H3/t13-/m0/s1. The predicted molar refractivity (Wildman–Crippen MR) is 90.0 cm³/mol. The van der Waals surface area contributed by atoms with E-state index in [1.165, 1.54) is 12.3 Å². The Bertz CT molecular complexity index is 775. The van der Waals surface area contributed by atoms with E-state index in [9.17, 15) is 9.59 Å². The maximum absolute atomic E-state index is 12.6. The molecule has 1 aliphatic rings. The molecule has 126 valence electrons. The number of carbonyl (C=O) groups is 1. The van der Waals surface area contributed by atoms with Crippen molar-refractivity contribution in [3.8, 4) is 5.75 Å². The molecule has 1 fully saturated rings. The number of ketones is 1. The second-order valence-corrected chi connectivity index (χ2v) is 6.47. The van der Waals surface area contributed by atoms with Gasteiger partial charge in [-0.1, -0.05) is 30.3 Å². The van der Waals surface area contributed by atoms with Gasteiger partial charge >= 0.3 is 0 Å². The molecule has 0 amide bonds. The van der Waals surface area contributed by atoms with Crippen molar-refractivity contribution in [2.24, 2.45) is 11.1 Å². The van der Waals surface area contributed by atoms with E-state index in [1.807, 2.05) is 37.3 Å². The number of hydrogen-bond donors (Lipinski definition) is 1. The minimum Gasteiger partial charge on any atom is -0.481 e. The highest BCUT2D eigenvalue weighted by atomic mass is 16.5. The summed E-state index contributed by atoms with van der Waals surface area (Å²) in [5.74, 6) is -0.261. The van der Waals surface area contributed by atoms with Gasteiger partial charge in [0.05, 0.1) is 6.26 Å².